The van der Waals surface area contributed by atoms with Crippen molar-refractivity contribution in [3.05, 3.63) is 12.4 Å². The zero-order valence-electron chi connectivity index (χ0n) is 11.2. The maximum absolute atomic E-state index is 12.3. The van der Waals surface area contributed by atoms with Crippen LogP contribution < -0.4 is 0 Å². The van der Waals surface area contributed by atoms with Gasteiger partial charge in [0.2, 0.25) is 10.0 Å². The molecule has 0 aliphatic carbocycles. The fraction of sp³-hybridized carbons (Fsp3) is 0.727. The van der Waals surface area contributed by atoms with Crippen LogP contribution in [0.25, 0.3) is 0 Å². The zero-order chi connectivity index (χ0) is 14.0. The molecule has 0 atom stereocenters. The predicted octanol–water partition coefficient (Wildman–Crippen LogP) is 1.79. The SMILES string of the molecule is CN(CC(C)(C)C)S(=O)(=O)c1cnn(CCCl)c1. The molecular weight excluding hydrogens is 274 g/mol. The van der Waals surface area contributed by atoms with E-state index >= 15 is 0 Å². The number of nitrogens with zero attached hydrogens (tertiary/aromatic N) is 3. The Bertz CT molecular complexity index is 491. The molecule has 104 valence electrons. The van der Waals surface area contributed by atoms with Crippen LogP contribution in [0.5, 0.6) is 0 Å². The Balaban J connectivity index is 2.91. The molecule has 5 nitrogen and oxygen atoms in total. The first-order chi connectivity index (χ1) is 8.16. The Kier molecular flexibility index (Phi) is 4.80. The van der Waals surface area contributed by atoms with Gasteiger partial charge in [0.15, 0.2) is 0 Å². The summed E-state index contributed by atoms with van der Waals surface area (Å²) in [6, 6.07) is 0. The van der Waals surface area contributed by atoms with Crippen LogP contribution >= 0.6 is 11.6 Å². The third-order valence-electron chi connectivity index (χ3n) is 2.33. The quantitative estimate of drug-likeness (QED) is 0.778. The molecule has 1 aromatic heterocycles. The molecular formula is C11H20ClN3O2S. The van der Waals surface area contributed by atoms with Crippen LogP contribution in [0.2, 0.25) is 0 Å². The minimum absolute atomic E-state index is 0.0893. The van der Waals surface area contributed by atoms with Crippen LogP contribution in [0.1, 0.15) is 20.8 Å². The highest BCUT2D eigenvalue weighted by atomic mass is 35.5. The summed E-state index contributed by atoms with van der Waals surface area (Å²) < 4.78 is 27.4. The van der Waals surface area contributed by atoms with Gasteiger partial charge in [0, 0.05) is 25.7 Å². The van der Waals surface area contributed by atoms with E-state index in [0.717, 1.165) is 0 Å². The van der Waals surface area contributed by atoms with E-state index in [9.17, 15) is 8.42 Å². The Morgan fingerprint density at radius 3 is 2.56 bits per heavy atom. The van der Waals surface area contributed by atoms with Gasteiger partial charge in [0.25, 0.3) is 0 Å². The minimum Gasteiger partial charge on any atom is -0.270 e. The molecule has 1 aromatic rings. The minimum atomic E-state index is -3.46. The number of aromatic nitrogens is 2. The monoisotopic (exact) mass is 293 g/mol. The normalized spacial score (nSPS) is 13.2. The molecule has 0 saturated carbocycles. The second-order valence-electron chi connectivity index (χ2n) is 5.45. The lowest BCUT2D eigenvalue weighted by atomic mass is 9.97. The number of hydrogen-bond acceptors (Lipinski definition) is 3. The summed E-state index contributed by atoms with van der Waals surface area (Å²) in [6.07, 6.45) is 2.87. The fourth-order valence-corrected chi connectivity index (χ4v) is 3.15. The standard InChI is InChI=1S/C11H20ClN3O2S/c1-11(2,3)9-14(4)18(16,17)10-7-13-15(8-10)6-5-12/h7-8H,5-6,9H2,1-4H3. The molecule has 0 aromatic carbocycles. The van der Waals surface area contributed by atoms with Gasteiger partial charge in [0.1, 0.15) is 4.90 Å². The van der Waals surface area contributed by atoms with E-state index in [1.54, 1.807) is 7.05 Å². The summed E-state index contributed by atoms with van der Waals surface area (Å²) in [7, 11) is -1.88. The highest BCUT2D eigenvalue weighted by Gasteiger charge is 2.26. The summed E-state index contributed by atoms with van der Waals surface area (Å²) in [6.45, 7) is 6.94. The molecule has 0 unspecified atom stereocenters. The lowest BCUT2D eigenvalue weighted by Crippen LogP contribution is -2.34. The van der Waals surface area contributed by atoms with Gasteiger partial charge in [-0.3, -0.25) is 4.68 Å². The predicted molar refractivity (Wildman–Crippen MR) is 72.2 cm³/mol. The van der Waals surface area contributed by atoms with Crippen LogP contribution in [0.4, 0.5) is 0 Å². The number of sulfonamides is 1. The number of aryl methyl sites for hydroxylation is 1. The summed E-state index contributed by atoms with van der Waals surface area (Å²) in [4.78, 5) is 0.208. The van der Waals surface area contributed by atoms with Crippen molar-refractivity contribution in [1.29, 1.82) is 0 Å². The van der Waals surface area contributed by atoms with E-state index < -0.39 is 10.0 Å². The highest BCUT2D eigenvalue weighted by Crippen LogP contribution is 2.20. The van der Waals surface area contributed by atoms with E-state index in [2.05, 4.69) is 5.10 Å². The maximum atomic E-state index is 12.3. The molecule has 0 aliphatic rings. The van der Waals surface area contributed by atoms with Gasteiger partial charge in [0.05, 0.1) is 12.7 Å². The third kappa shape index (κ3) is 3.96. The second kappa shape index (κ2) is 5.59. The van der Waals surface area contributed by atoms with E-state index in [0.29, 0.717) is 19.0 Å². The molecule has 1 rings (SSSR count). The molecule has 1 heterocycles. The molecule has 0 radical (unpaired) electrons. The Morgan fingerprint density at radius 1 is 1.44 bits per heavy atom. The van der Waals surface area contributed by atoms with Crippen molar-refractivity contribution in [1.82, 2.24) is 14.1 Å². The lowest BCUT2D eigenvalue weighted by molar-refractivity contribution is 0.311. The largest absolute Gasteiger partial charge is 0.270 e. The van der Waals surface area contributed by atoms with Gasteiger partial charge in [-0.05, 0) is 5.41 Å². The van der Waals surface area contributed by atoms with E-state index in [-0.39, 0.29) is 10.3 Å². The van der Waals surface area contributed by atoms with E-state index in [1.807, 2.05) is 20.8 Å². The highest BCUT2D eigenvalue weighted by molar-refractivity contribution is 7.89. The Hall–Kier alpha value is -0.590. The summed E-state index contributed by atoms with van der Waals surface area (Å²) in [5, 5.41) is 3.98. The number of halogens is 1. The van der Waals surface area contributed by atoms with Gasteiger partial charge in [-0.1, -0.05) is 20.8 Å². The Labute approximate surface area is 114 Å². The van der Waals surface area contributed by atoms with Crippen molar-refractivity contribution in [2.24, 2.45) is 5.41 Å². The van der Waals surface area contributed by atoms with Crippen molar-refractivity contribution < 1.29 is 8.42 Å². The molecule has 0 saturated heterocycles. The third-order valence-corrected chi connectivity index (χ3v) is 4.25. The van der Waals surface area contributed by atoms with Crippen molar-refractivity contribution in [2.75, 3.05) is 19.5 Å². The average Bonchev–Trinajstić information content (AvgIpc) is 2.64. The van der Waals surface area contributed by atoms with Crippen LogP contribution in [-0.2, 0) is 16.6 Å². The van der Waals surface area contributed by atoms with Crippen molar-refractivity contribution in [3.63, 3.8) is 0 Å². The molecule has 18 heavy (non-hydrogen) atoms. The van der Waals surface area contributed by atoms with Gasteiger partial charge in [-0.25, -0.2) is 12.7 Å². The van der Waals surface area contributed by atoms with Crippen molar-refractivity contribution in [2.45, 2.75) is 32.2 Å². The number of rotatable bonds is 5. The van der Waals surface area contributed by atoms with Crippen LogP contribution in [-0.4, -0.2) is 42.0 Å². The molecule has 0 amide bonds. The molecule has 7 heteroatoms. The number of hydrogen-bond donors (Lipinski definition) is 0. The Morgan fingerprint density at radius 2 is 2.06 bits per heavy atom. The smallest absolute Gasteiger partial charge is 0.245 e. The first-order valence-corrected chi connectivity index (χ1v) is 7.69. The first kappa shape index (κ1) is 15.5. The first-order valence-electron chi connectivity index (χ1n) is 5.71. The molecule has 0 aliphatic heterocycles. The lowest BCUT2D eigenvalue weighted by Gasteiger charge is -2.25. The fourth-order valence-electron chi connectivity index (χ4n) is 1.62. The van der Waals surface area contributed by atoms with E-state index in [1.165, 1.54) is 21.4 Å². The van der Waals surface area contributed by atoms with Gasteiger partial charge >= 0.3 is 0 Å². The zero-order valence-corrected chi connectivity index (χ0v) is 12.8. The van der Waals surface area contributed by atoms with Gasteiger partial charge in [-0.15, -0.1) is 11.6 Å². The topological polar surface area (TPSA) is 55.2 Å². The summed E-state index contributed by atoms with van der Waals surface area (Å²) in [5.41, 5.74) is -0.0893. The van der Waals surface area contributed by atoms with Crippen LogP contribution in [0, 0.1) is 5.41 Å². The van der Waals surface area contributed by atoms with Crippen molar-refractivity contribution in [3.8, 4) is 0 Å². The van der Waals surface area contributed by atoms with E-state index in [4.69, 9.17) is 11.6 Å². The van der Waals surface area contributed by atoms with Crippen molar-refractivity contribution >= 4 is 21.6 Å². The molecule has 0 bridgehead atoms. The van der Waals surface area contributed by atoms with Gasteiger partial charge < -0.3 is 0 Å². The summed E-state index contributed by atoms with van der Waals surface area (Å²) in [5.74, 6) is 0.402. The maximum Gasteiger partial charge on any atom is 0.245 e. The summed E-state index contributed by atoms with van der Waals surface area (Å²) >= 11 is 5.59. The van der Waals surface area contributed by atoms with Crippen LogP contribution in [0.3, 0.4) is 0 Å². The average molecular weight is 294 g/mol. The molecule has 0 spiro atoms. The number of alkyl halides is 1. The molecule has 0 N–H and O–H groups in total. The molecule has 0 fully saturated rings. The second-order valence-corrected chi connectivity index (χ2v) is 7.87. The van der Waals surface area contributed by atoms with Gasteiger partial charge in [-0.2, -0.15) is 5.10 Å². The van der Waals surface area contributed by atoms with Crippen LogP contribution in [0.15, 0.2) is 17.3 Å².